The van der Waals surface area contributed by atoms with Gasteiger partial charge in [-0.05, 0) is 50.3 Å². The number of benzene rings is 1. The maximum absolute atomic E-state index is 3.62. The zero-order valence-electron chi connectivity index (χ0n) is 11.1. The minimum absolute atomic E-state index is 0.733. The molecule has 94 valence electrons. The van der Waals surface area contributed by atoms with Gasteiger partial charge in [-0.25, -0.2) is 0 Å². The zero-order chi connectivity index (χ0) is 12.1. The second kappa shape index (κ2) is 6.06. The Hall–Kier alpha value is -1.02. The Morgan fingerprint density at radius 2 is 2.29 bits per heavy atom. The van der Waals surface area contributed by atoms with Crippen LogP contribution < -0.4 is 10.6 Å². The van der Waals surface area contributed by atoms with Crippen molar-refractivity contribution in [3.05, 3.63) is 29.3 Å². The summed E-state index contributed by atoms with van der Waals surface area (Å²) in [5.74, 6) is 0. The highest BCUT2D eigenvalue weighted by Crippen LogP contribution is 2.21. The lowest BCUT2D eigenvalue weighted by Crippen LogP contribution is -2.24. The summed E-state index contributed by atoms with van der Waals surface area (Å²) in [6, 6.07) is 7.30. The molecular formula is C15H24N2. The van der Waals surface area contributed by atoms with Gasteiger partial charge in [-0.1, -0.05) is 25.1 Å². The first-order valence-corrected chi connectivity index (χ1v) is 6.87. The van der Waals surface area contributed by atoms with Crippen LogP contribution in [0.3, 0.4) is 0 Å². The number of aryl methyl sites for hydroxylation is 2. The highest BCUT2D eigenvalue weighted by Gasteiger charge is 2.13. The summed E-state index contributed by atoms with van der Waals surface area (Å²) in [7, 11) is 0. The van der Waals surface area contributed by atoms with Gasteiger partial charge in [0.15, 0.2) is 0 Å². The second-order valence-electron chi connectivity index (χ2n) is 4.97. The van der Waals surface area contributed by atoms with E-state index in [0.717, 1.165) is 19.0 Å². The van der Waals surface area contributed by atoms with Gasteiger partial charge in [0.2, 0.25) is 0 Å². The van der Waals surface area contributed by atoms with Gasteiger partial charge in [0.25, 0.3) is 0 Å². The average Bonchev–Trinajstić information content (AvgIpc) is 2.84. The van der Waals surface area contributed by atoms with E-state index in [4.69, 9.17) is 0 Å². The van der Waals surface area contributed by atoms with Gasteiger partial charge in [0, 0.05) is 18.3 Å². The molecule has 1 heterocycles. The van der Waals surface area contributed by atoms with Crippen LogP contribution in [-0.4, -0.2) is 19.1 Å². The molecule has 1 aliphatic heterocycles. The predicted molar refractivity (Wildman–Crippen MR) is 74.7 cm³/mol. The van der Waals surface area contributed by atoms with Crippen molar-refractivity contribution in [2.45, 2.75) is 45.6 Å². The third-order valence-corrected chi connectivity index (χ3v) is 3.70. The average molecular weight is 232 g/mol. The van der Waals surface area contributed by atoms with Crippen molar-refractivity contribution in [1.29, 1.82) is 0 Å². The van der Waals surface area contributed by atoms with E-state index in [0.29, 0.717) is 0 Å². The van der Waals surface area contributed by atoms with Crippen LogP contribution in [0.15, 0.2) is 18.2 Å². The molecule has 1 saturated heterocycles. The molecule has 1 aromatic carbocycles. The highest BCUT2D eigenvalue weighted by atomic mass is 15.0. The number of nitrogens with one attached hydrogen (secondary N) is 2. The molecule has 0 amide bonds. The standard InChI is InChI=1S/C15H24N2/c1-3-13-7-4-6-12(2)15(13)17-11-9-14-8-5-10-16-14/h4,6-7,14,16-17H,3,5,8-11H2,1-2H3. The first kappa shape index (κ1) is 12.4. The van der Waals surface area contributed by atoms with Crippen LogP contribution in [0.4, 0.5) is 5.69 Å². The van der Waals surface area contributed by atoms with Crippen LogP contribution in [0.1, 0.15) is 37.3 Å². The first-order chi connectivity index (χ1) is 8.31. The summed E-state index contributed by atoms with van der Waals surface area (Å²) >= 11 is 0. The van der Waals surface area contributed by atoms with Gasteiger partial charge in [0.1, 0.15) is 0 Å². The van der Waals surface area contributed by atoms with Crippen molar-refractivity contribution in [3.8, 4) is 0 Å². The molecule has 1 aromatic rings. The predicted octanol–water partition coefficient (Wildman–Crippen LogP) is 3.11. The van der Waals surface area contributed by atoms with Gasteiger partial charge in [0.05, 0.1) is 0 Å². The smallest absolute Gasteiger partial charge is 0.0402 e. The van der Waals surface area contributed by atoms with Gasteiger partial charge in [-0.3, -0.25) is 0 Å². The summed E-state index contributed by atoms with van der Waals surface area (Å²) in [6.07, 6.45) is 5.02. The lowest BCUT2D eigenvalue weighted by molar-refractivity contribution is 0.574. The van der Waals surface area contributed by atoms with E-state index in [-0.39, 0.29) is 0 Å². The van der Waals surface area contributed by atoms with Crippen molar-refractivity contribution in [3.63, 3.8) is 0 Å². The Labute approximate surface area is 105 Å². The number of hydrogen-bond acceptors (Lipinski definition) is 2. The molecule has 1 fully saturated rings. The molecule has 17 heavy (non-hydrogen) atoms. The van der Waals surface area contributed by atoms with Gasteiger partial charge in [-0.15, -0.1) is 0 Å². The molecule has 1 atom stereocenters. The molecule has 2 nitrogen and oxygen atoms in total. The van der Waals surface area contributed by atoms with E-state index in [1.54, 1.807) is 0 Å². The van der Waals surface area contributed by atoms with Crippen molar-refractivity contribution >= 4 is 5.69 Å². The molecule has 2 N–H and O–H groups in total. The summed E-state index contributed by atoms with van der Waals surface area (Å²) in [6.45, 7) is 6.69. The largest absolute Gasteiger partial charge is 0.385 e. The second-order valence-corrected chi connectivity index (χ2v) is 4.97. The molecule has 0 aliphatic carbocycles. The van der Waals surface area contributed by atoms with Crippen LogP contribution in [0.25, 0.3) is 0 Å². The zero-order valence-corrected chi connectivity index (χ0v) is 11.1. The lowest BCUT2D eigenvalue weighted by atomic mass is 10.1. The molecule has 0 saturated carbocycles. The van der Waals surface area contributed by atoms with Crippen LogP contribution in [0.5, 0.6) is 0 Å². The third-order valence-electron chi connectivity index (χ3n) is 3.70. The molecule has 1 aliphatic rings. The maximum Gasteiger partial charge on any atom is 0.0402 e. The molecular weight excluding hydrogens is 208 g/mol. The van der Waals surface area contributed by atoms with E-state index < -0.39 is 0 Å². The van der Waals surface area contributed by atoms with Crippen molar-refractivity contribution < 1.29 is 0 Å². The monoisotopic (exact) mass is 232 g/mol. The summed E-state index contributed by atoms with van der Waals surface area (Å²) < 4.78 is 0. The minimum atomic E-state index is 0.733. The molecule has 2 heteroatoms. The number of rotatable bonds is 5. The molecule has 2 rings (SSSR count). The van der Waals surface area contributed by atoms with Crippen LogP contribution >= 0.6 is 0 Å². The number of para-hydroxylation sites is 1. The Balaban J connectivity index is 1.89. The van der Waals surface area contributed by atoms with Gasteiger partial charge >= 0.3 is 0 Å². The highest BCUT2D eigenvalue weighted by molar-refractivity contribution is 5.57. The molecule has 1 unspecified atom stereocenters. The van der Waals surface area contributed by atoms with Crippen molar-refractivity contribution in [2.24, 2.45) is 0 Å². The minimum Gasteiger partial charge on any atom is -0.385 e. The van der Waals surface area contributed by atoms with Crippen molar-refractivity contribution in [2.75, 3.05) is 18.4 Å². The summed E-state index contributed by atoms with van der Waals surface area (Å²) in [4.78, 5) is 0. The maximum atomic E-state index is 3.62. The molecule has 0 aromatic heterocycles. The molecule has 0 radical (unpaired) electrons. The molecule has 0 spiro atoms. The van der Waals surface area contributed by atoms with Crippen LogP contribution in [-0.2, 0) is 6.42 Å². The Bertz CT molecular complexity index is 354. The lowest BCUT2D eigenvalue weighted by Gasteiger charge is -2.16. The first-order valence-electron chi connectivity index (χ1n) is 6.87. The third kappa shape index (κ3) is 3.22. The van der Waals surface area contributed by atoms with E-state index in [9.17, 15) is 0 Å². The summed E-state index contributed by atoms with van der Waals surface area (Å²) in [5, 5.41) is 7.17. The SMILES string of the molecule is CCc1cccc(C)c1NCCC1CCCN1. The fraction of sp³-hybridized carbons (Fsp3) is 0.600. The Morgan fingerprint density at radius 1 is 1.41 bits per heavy atom. The van der Waals surface area contributed by atoms with Crippen molar-refractivity contribution in [1.82, 2.24) is 5.32 Å². The van der Waals surface area contributed by atoms with E-state index >= 15 is 0 Å². The topological polar surface area (TPSA) is 24.1 Å². The Morgan fingerprint density at radius 3 is 3.00 bits per heavy atom. The normalized spacial score (nSPS) is 19.5. The van der Waals surface area contributed by atoms with Crippen LogP contribution in [0.2, 0.25) is 0 Å². The number of anilines is 1. The van der Waals surface area contributed by atoms with E-state index in [1.165, 1.54) is 42.6 Å². The fourth-order valence-corrected chi connectivity index (χ4v) is 2.65. The molecule has 0 bridgehead atoms. The van der Waals surface area contributed by atoms with Gasteiger partial charge < -0.3 is 10.6 Å². The quantitative estimate of drug-likeness (QED) is 0.815. The van der Waals surface area contributed by atoms with Crippen LogP contribution in [0, 0.1) is 6.92 Å². The fourth-order valence-electron chi connectivity index (χ4n) is 2.65. The van der Waals surface area contributed by atoms with E-state index in [1.807, 2.05) is 0 Å². The Kier molecular flexibility index (Phi) is 4.43. The van der Waals surface area contributed by atoms with E-state index in [2.05, 4.69) is 42.7 Å². The number of hydrogen-bond donors (Lipinski definition) is 2. The van der Waals surface area contributed by atoms with Gasteiger partial charge in [-0.2, -0.15) is 0 Å². The summed E-state index contributed by atoms with van der Waals surface area (Å²) in [5.41, 5.74) is 4.15.